The minimum absolute atomic E-state index is 0.0170. The van der Waals surface area contributed by atoms with Crippen LogP contribution in [0.5, 0.6) is 5.75 Å². The molecule has 0 N–H and O–H groups in total. The third-order valence-corrected chi connectivity index (χ3v) is 15.0. The molecule has 2 nitrogen and oxygen atoms in total. The second-order valence-corrected chi connectivity index (χ2v) is 17.8. The van der Waals surface area contributed by atoms with Crippen LogP contribution in [0.3, 0.4) is 0 Å². The summed E-state index contributed by atoms with van der Waals surface area (Å²) in [6, 6.07) is 16.4. The number of para-hydroxylation sites is 1. The predicted octanol–water partition coefficient (Wildman–Crippen LogP) is 13.3. The number of nitrogens with zero attached hydrogens (tertiary/aromatic N) is 1. The topological polar surface area (TPSA) is 12.5 Å². The van der Waals surface area contributed by atoms with E-state index in [1.165, 1.54) is 41.1 Å². The van der Waals surface area contributed by atoms with Crippen molar-refractivity contribution in [3.63, 3.8) is 0 Å². The van der Waals surface area contributed by atoms with Crippen LogP contribution in [0.15, 0.2) is 191 Å². The smallest absolute Gasteiger partial charge is 0.130 e. The summed E-state index contributed by atoms with van der Waals surface area (Å²) in [6.07, 6.45) is 54.9. The molecule has 10 aliphatic rings. The van der Waals surface area contributed by atoms with Crippen molar-refractivity contribution in [3.05, 3.63) is 208 Å². The van der Waals surface area contributed by atoms with E-state index in [4.69, 9.17) is 4.74 Å². The first kappa shape index (κ1) is 33.8. The summed E-state index contributed by atoms with van der Waals surface area (Å²) in [4.78, 5) is 2.67. The van der Waals surface area contributed by atoms with Crippen LogP contribution in [0.1, 0.15) is 86.8 Å². The Morgan fingerprint density at radius 3 is 2.58 bits per heavy atom. The monoisotopic (exact) mass is 741 g/mol. The van der Waals surface area contributed by atoms with Gasteiger partial charge in [0.2, 0.25) is 0 Å². The fraction of sp³-hybridized carbons (Fsp3) is 0.309. The minimum atomic E-state index is -0.171. The van der Waals surface area contributed by atoms with Crippen LogP contribution in [0, 0.1) is 23.7 Å². The molecule has 0 aromatic heterocycles. The Labute approximate surface area is 338 Å². The highest BCUT2D eigenvalue weighted by Crippen LogP contribution is 2.69. The lowest BCUT2D eigenvalue weighted by atomic mass is 9.62. The number of anilines is 1. The van der Waals surface area contributed by atoms with E-state index in [2.05, 4.69) is 157 Å². The molecule has 1 saturated carbocycles. The molecule has 0 radical (unpaired) electrons. The third kappa shape index (κ3) is 5.08. The van der Waals surface area contributed by atoms with Gasteiger partial charge in [-0.3, -0.25) is 0 Å². The normalized spacial score (nSPS) is 32.2. The van der Waals surface area contributed by atoms with Crippen molar-refractivity contribution in [1.82, 2.24) is 0 Å². The quantitative estimate of drug-likeness (QED) is 0.283. The van der Waals surface area contributed by atoms with Crippen molar-refractivity contribution in [3.8, 4) is 5.75 Å². The zero-order valence-corrected chi connectivity index (χ0v) is 32.8. The van der Waals surface area contributed by atoms with Gasteiger partial charge in [-0.25, -0.2) is 0 Å². The Bertz CT molecular complexity index is 2490. The maximum Gasteiger partial charge on any atom is 0.130 e. The maximum absolute atomic E-state index is 6.68. The van der Waals surface area contributed by atoms with Crippen molar-refractivity contribution >= 4 is 11.3 Å². The van der Waals surface area contributed by atoms with Crippen LogP contribution in [0.25, 0.3) is 5.57 Å². The van der Waals surface area contributed by atoms with E-state index >= 15 is 0 Å². The Morgan fingerprint density at radius 1 is 0.737 bits per heavy atom. The Balaban J connectivity index is 1.05. The molecule has 7 atom stereocenters. The molecule has 12 rings (SSSR count). The van der Waals surface area contributed by atoms with Gasteiger partial charge >= 0.3 is 0 Å². The molecule has 2 aromatic carbocycles. The Hall–Kier alpha value is -5.34. The fourth-order valence-electron chi connectivity index (χ4n) is 12.6. The molecule has 1 heterocycles. The second-order valence-electron chi connectivity index (χ2n) is 17.8. The molecule has 0 saturated heterocycles. The lowest BCUT2D eigenvalue weighted by molar-refractivity contribution is 0.264. The average molecular weight is 742 g/mol. The Kier molecular flexibility index (Phi) is 7.92. The van der Waals surface area contributed by atoms with Gasteiger partial charge in [-0.1, -0.05) is 127 Å². The first-order chi connectivity index (χ1) is 28.3. The summed E-state index contributed by atoms with van der Waals surface area (Å²) in [5.74, 6) is 3.02. The highest BCUT2D eigenvalue weighted by Gasteiger charge is 2.60. The molecular weight excluding hydrogens is 691 g/mol. The number of benzene rings is 2. The van der Waals surface area contributed by atoms with Gasteiger partial charge in [-0.05, 0) is 140 Å². The van der Waals surface area contributed by atoms with Crippen LogP contribution in [0.4, 0.5) is 5.69 Å². The van der Waals surface area contributed by atoms with Crippen molar-refractivity contribution in [2.24, 2.45) is 23.7 Å². The van der Waals surface area contributed by atoms with Crippen LogP contribution in [-0.2, 0) is 5.41 Å². The van der Waals surface area contributed by atoms with E-state index in [1.807, 2.05) is 0 Å². The highest BCUT2D eigenvalue weighted by molar-refractivity contribution is 5.90. The number of hydrogen-bond donors (Lipinski definition) is 0. The first-order valence-electron chi connectivity index (χ1n) is 21.9. The number of allylic oxidation sites excluding steroid dienone is 24. The standard InChI is InChI=1S/C55H51NO/c1-3-15-36(16-4-1)38-19-13-20-40(33-38)56(51-26-14-28-53-54(51)46-23-9-12-27-52(46)57-53)41-30-32-45-43-22-8-11-25-48(43)55(50(45)35-41)47-24-10-7-21-42(47)44-31-29-39(34-49(44)55)37-17-5-2-6-18-37/h1-3,5-6,9,11-15,17,19-21,23-28,30,32,34-35,37-38,44,49,53-54H,4,7-8,10,16,18,22,29,31,33H2. The summed E-state index contributed by atoms with van der Waals surface area (Å²) >= 11 is 0. The van der Waals surface area contributed by atoms with Crippen molar-refractivity contribution < 1.29 is 4.74 Å². The van der Waals surface area contributed by atoms with E-state index in [0.717, 1.165) is 57.1 Å². The van der Waals surface area contributed by atoms with Crippen molar-refractivity contribution in [2.75, 3.05) is 4.90 Å². The zero-order valence-electron chi connectivity index (χ0n) is 32.8. The van der Waals surface area contributed by atoms with Gasteiger partial charge in [0.1, 0.15) is 11.9 Å². The summed E-state index contributed by atoms with van der Waals surface area (Å²) < 4.78 is 6.68. The van der Waals surface area contributed by atoms with Crippen LogP contribution < -0.4 is 9.64 Å². The molecule has 282 valence electrons. The largest absolute Gasteiger partial charge is 0.485 e. The van der Waals surface area contributed by atoms with Gasteiger partial charge in [-0.15, -0.1) is 0 Å². The van der Waals surface area contributed by atoms with E-state index < -0.39 is 0 Å². The lowest BCUT2D eigenvalue weighted by Crippen LogP contribution is -2.36. The highest BCUT2D eigenvalue weighted by atomic mass is 16.5. The molecule has 1 aliphatic heterocycles. The van der Waals surface area contributed by atoms with E-state index in [9.17, 15) is 0 Å². The van der Waals surface area contributed by atoms with Gasteiger partial charge in [-0.2, -0.15) is 0 Å². The molecule has 57 heavy (non-hydrogen) atoms. The number of rotatable bonds is 5. The molecule has 1 fully saturated rings. The van der Waals surface area contributed by atoms with E-state index in [-0.39, 0.29) is 17.4 Å². The van der Waals surface area contributed by atoms with E-state index in [1.54, 1.807) is 39.0 Å². The molecule has 9 aliphatic carbocycles. The number of fused-ring (bicyclic) bond motifs is 12. The van der Waals surface area contributed by atoms with Crippen LogP contribution in [-0.4, -0.2) is 6.10 Å². The molecule has 2 aromatic rings. The summed E-state index contributed by atoms with van der Waals surface area (Å²) in [5.41, 5.74) is 17.8. The van der Waals surface area contributed by atoms with Crippen LogP contribution in [0.2, 0.25) is 0 Å². The van der Waals surface area contributed by atoms with Gasteiger partial charge in [0, 0.05) is 40.4 Å². The predicted molar refractivity (Wildman–Crippen MR) is 235 cm³/mol. The average Bonchev–Trinajstić information content (AvgIpc) is 3.91. The zero-order chi connectivity index (χ0) is 37.5. The van der Waals surface area contributed by atoms with Gasteiger partial charge < -0.3 is 9.64 Å². The van der Waals surface area contributed by atoms with Gasteiger partial charge in [0.05, 0.1) is 11.3 Å². The van der Waals surface area contributed by atoms with Crippen LogP contribution >= 0.6 is 0 Å². The molecule has 2 heteroatoms. The molecule has 0 amide bonds. The molecular formula is C55H51NO. The van der Waals surface area contributed by atoms with Gasteiger partial charge in [0.25, 0.3) is 0 Å². The second kappa shape index (κ2) is 13.4. The number of hydrogen-bond acceptors (Lipinski definition) is 2. The summed E-state index contributed by atoms with van der Waals surface area (Å²) in [7, 11) is 0. The van der Waals surface area contributed by atoms with Crippen molar-refractivity contribution in [1.29, 1.82) is 0 Å². The Morgan fingerprint density at radius 2 is 1.65 bits per heavy atom. The summed E-state index contributed by atoms with van der Waals surface area (Å²) in [5, 5.41) is 0. The van der Waals surface area contributed by atoms with Gasteiger partial charge in [0.15, 0.2) is 0 Å². The van der Waals surface area contributed by atoms with E-state index in [0.29, 0.717) is 23.7 Å². The molecule has 7 unspecified atom stereocenters. The lowest BCUT2D eigenvalue weighted by Gasteiger charge is -2.41. The minimum Gasteiger partial charge on any atom is -0.485 e. The fourth-order valence-corrected chi connectivity index (χ4v) is 12.6. The SMILES string of the molecule is C1=CCCC(C2C=CC=C(N(C3=CC=CC4Oc5ccccc5C34)c3ccc4c(c3)C3(C5=CCCC=C5C5CCC(C6C=CC=CC6)=CC53)C3=C4CCC=C3)C2)=C1. The maximum atomic E-state index is 6.68. The molecule has 1 spiro atoms. The van der Waals surface area contributed by atoms with Crippen molar-refractivity contribution in [2.45, 2.75) is 81.6 Å². The number of ether oxygens (including phenoxy) is 1. The molecule has 0 bridgehead atoms. The summed E-state index contributed by atoms with van der Waals surface area (Å²) in [6.45, 7) is 0. The first-order valence-corrected chi connectivity index (χ1v) is 21.9. The third-order valence-electron chi connectivity index (χ3n) is 15.0.